The van der Waals surface area contributed by atoms with Crippen LogP contribution in [0.4, 0.5) is 11.4 Å². The summed E-state index contributed by atoms with van der Waals surface area (Å²) in [5.41, 5.74) is 1.35. The third-order valence-electron chi connectivity index (χ3n) is 6.50. The van der Waals surface area contributed by atoms with Gasteiger partial charge in [-0.2, -0.15) is 0 Å². The molecule has 0 aromatic heterocycles. The maximum absolute atomic E-state index is 13.1. The summed E-state index contributed by atoms with van der Waals surface area (Å²) >= 11 is 6.29. The maximum atomic E-state index is 13.1. The van der Waals surface area contributed by atoms with Crippen molar-refractivity contribution in [3.63, 3.8) is 0 Å². The van der Waals surface area contributed by atoms with Gasteiger partial charge < -0.3 is 15.5 Å². The van der Waals surface area contributed by atoms with Crippen LogP contribution in [0.5, 0.6) is 5.75 Å². The number of carboxylic acid groups (broad SMARTS) is 1. The third kappa shape index (κ3) is 3.31. The van der Waals surface area contributed by atoms with E-state index >= 15 is 0 Å². The Balaban J connectivity index is 1.56. The topological polar surface area (TPSA) is 133 Å². The van der Waals surface area contributed by atoms with Crippen LogP contribution in [0, 0.1) is 6.92 Å². The van der Waals surface area contributed by atoms with Crippen LogP contribution in [0.2, 0.25) is 5.02 Å². The highest BCUT2D eigenvalue weighted by atomic mass is 35.5. The summed E-state index contributed by atoms with van der Waals surface area (Å²) in [7, 11) is -4.19. The standard InChI is InChI=1S/C24H19ClN2O6S/c1-12-6-7-13(8-14(12)22(29)30)16-11-24(16)15-9-21(17(25)10-19(15)26-23(24)31)34(32,33)27-18-4-2-3-5-20(18)28/h2-10,16,27-28H,11H2,1H3,(H,26,31)(H,29,30). The Bertz CT molecular complexity index is 1500. The fourth-order valence-electron chi connectivity index (χ4n) is 4.65. The van der Waals surface area contributed by atoms with Crippen LogP contribution in [-0.2, 0) is 20.2 Å². The second kappa shape index (κ2) is 7.48. The normalized spacial score (nSPS) is 20.6. The van der Waals surface area contributed by atoms with Gasteiger partial charge in [0.2, 0.25) is 5.91 Å². The maximum Gasteiger partial charge on any atom is 0.335 e. The molecule has 2 atom stereocenters. The van der Waals surface area contributed by atoms with E-state index in [2.05, 4.69) is 10.0 Å². The highest BCUT2D eigenvalue weighted by Gasteiger charge is 2.65. The predicted molar refractivity (Wildman–Crippen MR) is 126 cm³/mol. The minimum absolute atomic E-state index is 0.00636. The van der Waals surface area contributed by atoms with E-state index < -0.39 is 21.4 Å². The number of phenols is 1. The van der Waals surface area contributed by atoms with E-state index in [1.165, 1.54) is 24.3 Å². The van der Waals surface area contributed by atoms with Crippen molar-refractivity contribution in [3.8, 4) is 5.75 Å². The van der Waals surface area contributed by atoms with Crippen LogP contribution in [0.1, 0.15) is 39.4 Å². The smallest absolute Gasteiger partial charge is 0.335 e. The molecule has 2 unspecified atom stereocenters. The van der Waals surface area contributed by atoms with E-state index in [-0.39, 0.29) is 38.7 Å². The van der Waals surface area contributed by atoms with Gasteiger partial charge in [-0.25, -0.2) is 13.2 Å². The number of phenolic OH excluding ortho intramolecular Hbond substituents is 1. The second-order valence-corrected chi connectivity index (χ2v) is 10.6. The van der Waals surface area contributed by atoms with Gasteiger partial charge in [0.1, 0.15) is 10.6 Å². The van der Waals surface area contributed by atoms with Crippen molar-refractivity contribution >= 4 is 44.9 Å². The first-order valence-corrected chi connectivity index (χ1v) is 12.2. The summed E-state index contributed by atoms with van der Waals surface area (Å²) in [5.74, 6) is -1.90. The van der Waals surface area contributed by atoms with Crippen LogP contribution < -0.4 is 10.0 Å². The molecular weight excluding hydrogens is 480 g/mol. The Morgan fingerprint density at radius 2 is 1.91 bits per heavy atom. The number of aromatic hydroxyl groups is 1. The molecular formula is C24H19ClN2O6S. The SMILES string of the molecule is Cc1ccc(C2CC23C(=O)Nc2cc(Cl)c(S(=O)(=O)Nc4ccccc4O)cc23)cc1C(=O)O. The molecule has 1 spiro atoms. The molecule has 3 aromatic carbocycles. The number of nitrogens with one attached hydrogen (secondary N) is 2. The molecule has 4 N–H and O–H groups in total. The van der Waals surface area contributed by atoms with Gasteiger partial charge in [0, 0.05) is 11.6 Å². The van der Waals surface area contributed by atoms with E-state index in [1.807, 2.05) is 0 Å². The second-order valence-electron chi connectivity index (χ2n) is 8.51. The number of fused-ring (bicyclic) bond motifs is 2. The summed E-state index contributed by atoms with van der Waals surface area (Å²) in [4.78, 5) is 24.4. The van der Waals surface area contributed by atoms with E-state index in [4.69, 9.17) is 11.6 Å². The molecule has 1 saturated carbocycles. The molecule has 5 rings (SSSR count). The lowest BCUT2D eigenvalue weighted by atomic mass is 9.91. The molecule has 1 aliphatic carbocycles. The number of aryl methyl sites for hydroxylation is 1. The molecule has 3 aromatic rings. The Morgan fingerprint density at radius 3 is 2.62 bits per heavy atom. The Kier molecular flexibility index (Phi) is 4.89. The fraction of sp³-hybridized carbons (Fsp3) is 0.167. The van der Waals surface area contributed by atoms with Crippen molar-refractivity contribution in [2.75, 3.05) is 10.0 Å². The molecule has 34 heavy (non-hydrogen) atoms. The minimum atomic E-state index is -4.19. The number of carbonyl (C=O) groups is 2. The summed E-state index contributed by atoms with van der Waals surface area (Å²) < 4.78 is 28.6. The molecule has 1 amide bonds. The van der Waals surface area contributed by atoms with Gasteiger partial charge in [0.25, 0.3) is 10.0 Å². The summed E-state index contributed by atoms with van der Waals surface area (Å²) in [6, 6.07) is 13.7. The molecule has 174 valence electrons. The van der Waals surface area contributed by atoms with E-state index in [9.17, 15) is 28.2 Å². The summed E-state index contributed by atoms with van der Waals surface area (Å²) in [5, 5.41) is 22.1. The molecule has 8 nitrogen and oxygen atoms in total. The number of aromatic carboxylic acids is 1. The van der Waals surface area contributed by atoms with Gasteiger partial charge in [-0.05, 0) is 60.4 Å². The van der Waals surface area contributed by atoms with Crippen LogP contribution in [0.15, 0.2) is 59.5 Å². The molecule has 1 fully saturated rings. The number of carboxylic acids is 1. The number of benzene rings is 3. The number of rotatable bonds is 5. The fourth-order valence-corrected chi connectivity index (χ4v) is 6.28. The Labute approximate surface area is 200 Å². The van der Waals surface area contributed by atoms with E-state index in [1.54, 1.807) is 37.3 Å². The monoisotopic (exact) mass is 498 g/mol. The lowest BCUT2D eigenvalue weighted by Crippen LogP contribution is -2.21. The lowest BCUT2D eigenvalue weighted by molar-refractivity contribution is -0.118. The third-order valence-corrected chi connectivity index (χ3v) is 8.33. The number of sulfonamides is 1. The van der Waals surface area contributed by atoms with Gasteiger partial charge in [0.05, 0.1) is 21.7 Å². The molecule has 1 heterocycles. The molecule has 10 heteroatoms. The molecule has 0 saturated heterocycles. The van der Waals surface area contributed by atoms with Gasteiger partial charge in [0.15, 0.2) is 0 Å². The van der Waals surface area contributed by atoms with Crippen LogP contribution in [0.3, 0.4) is 0 Å². The largest absolute Gasteiger partial charge is 0.506 e. The average molecular weight is 499 g/mol. The Hall–Kier alpha value is -3.56. The zero-order chi connectivity index (χ0) is 24.4. The van der Waals surface area contributed by atoms with Crippen molar-refractivity contribution < 1.29 is 28.2 Å². The number of amides is 1. The minimum Gasteiger partial charge on any atom is -0.506 e. The first-order chi connectivity index (χ1) is 16.0. The number of hydrogen-bond donors (Lipinski definition) is 4. The van der Waals surface area contributed by atoms with Crippen LogP contribution >= 0.6 is 11.6 Å². The molecule has 0 bridgehead atoms. The van der Waals surface area contributed by atoms with Crippen LogP contribution in [-0.4, -0.2) is 30.5 Å². The van der Waals surface area contributed by atoms with E-state index in [0.29, 0.717) is 28.8 Å². The Morgan fingerprint density at radius 1 is 1.18 bits per heavy atom. The molecule has 2 aliphatic rings. The highest BCUT2D eigenvalue weighted by molar-refractivity contribution is 7.92. The quantitative estimate of drug-likeness (QED) is 0.389. The molecule has 0 radical (unpaired) electrons. The van der Waals surface area contributed by atoms with Crippen molar-refractivity contribution in [2.24, 2.45) is 0 Å². The van der Waals surface area contributed by atoms with Crippen molar-refractivity contribution in [3.05, 3.63) is 81.9 Å². The van der Waals surface area contributed by atoms with Crippen LogP contribution in [0.25, 0.3) is 0 Å². The first-order valence-electron chi connectivity index (χ1n) is 10.3. The van der Waals surface area contributed by atoms with Gasteiger partial charge >= 0.3 is 5.97 Å². The highest BCUT2D eigenvalue weighted by Crippen LogP contribution is 2.65. The average Bonchev–Trinajstić information content (AvgIpc) is 3.45. The predicted octanol–water partition coefficient (Wildman–Crippen LogP) is 4.23. The lowest BCUT2D eigenvalue weighted by Gasteiger charge is -2.14. The zero-order valence-electron chi connectivity index (χ0n) is 17.8. The number of halogens is 1. The number of carbonyl (C=O) groups excluding carboxylic acids is 1. The molecule has 1 aliphatic heterocycles. The van der Waals surface area contributed by atoms with Crippen molar-refractivity contribution in [1.29, 1.82) is 0 Å². The number of anilines is 2. The van der Waals surface area contributed by atoms with E-state index in [0.717, 1.165) is 0 Å². The van der Waals surface area contributed by atoms with Crippen molar-refractivity contribution in [2.45, 2.75) is 29.6 Å². The van der Waals surface area contributed by atoms with Gasteiger partial charge in [-0.15, -0.1) is 0 Å². The number of hydrogen-bond acceptors (Lipinski definition) is 5. The van der Waals surface area contributed by atoms with Crippen molar-refractivity contribution in [1.82, 2.24) is 0 Å². The zero-order valence-corrected chi connectivity index (χ0v) is 19.4. The van der Waals surface area contributed by atoms with Gasteiger partial charge in [-0.1, -0.05) is 35.9 Å². The first kappa shape index (κ1) is 22.2. The summed E-state index contributed by atoms with van der Waals surface area (Å²) in [6.45, 7) is 1.70. The summed E-state index contributed by atoms with van der Waals surface area (Å²) in [6.07, 6.45) is 0.405. The number of para-hydroxylation sites is 2. The van der Waals surface area contributed by atoms with Gasteiger partial charge in [-0.3, -0.25) is 9.52 Å².